The molecule has 21 heavy (non-hydrogen) atoms. The quantitative estimate of drug-likeness (QED) is 0.692. The molecule has 1 aliphatic rings. The highest BCUT2D eigenvalue weighted by molar-refractivity contribution is 9.10. The normalized spacial score (nSPS) is 21.8. The molecule has 2 rings (SSSR count). The summed E-state index contributed by atoms with van der Waals surface area (Å²) in [7, 11) is 0. The number of halogens is 1. The van der Waals surface area contributed by atoms with Gasteiger partial charge in [0.2, 0.25) is 0 Å². The van der Waals surface area contributed by atoms with E-state index >= 15 is 0 Å². The van der Waals surface area contributed by atoms with Gasteiger partial charge in [0.05, 0.1) is 12.7 Å². The van der Waals surface area contributed by atoms with E-state index in [9.17, 15) is 4.79 Å². The molecule has 3 nitrogen and oxygen atoms in total. The highest BCUT2D eigenvalue weighted by Crippen LogP contribution is 2.31. The maximum Gasteiger partial charge on any atom is 0.305 e. The van der Waals surface area contributed by atoms with E-state index in [0.29, 0.717) is 25.0 Å². The first kappa shape index (κ1) is 16.3. The first-order chi connectivity index (χ1) is 10.2. The van der Waals surface area contributed by atoms with E-state index in [2.05, 4.69) is 15.9 Å². The average molecular weight is 355 g/mol. The van der Waals surface area contributed by atoms with Crippen molar-refractivity contribution in [2.75, 3.05) is 6.61 Å². The second-order valence-corrected chi connectivity index (χ2v) is 6.48. The number of carbonyl (C=O) groups is 1. The molecule has 1 fully saturated rings. The van der Waals surface area contributed by atoms with Gasteiger partial charge in [-0.1, -0.05) is 22.0 Å². The summed E-state index contributed by atoms with van der Waals surface area (Å²) in [6.45, 7) is 2.33. The lowest BCUT2D eigenvalue weighted by molar-refractivity contribution is -0.143. The second-order valence-electron chi connectivity index (χ2n) is 5.56. The van der Waals surface area contributed by atoms with Crippen molar-refractivity contribution in [3.05, 3.63) is 28.7 Å². The maximum absolute atomic E-state index is 11.4. The van der Waals surface area contributed by atoms with Gasteiger partial charge in [-0.15, -0.1) is 0 Å². The van der Waals surface area contributed by atoms with Crippen LogP contribution in [0.25, 0.3) is 0 Å². The number of hydrogen-bond donors (Lipinski definition) is 0. The standard InChI is InChI=1S/C17H23BrO3/c1-2-20-17(19)11-8-13-6-9-15(10-7-13)21-16-5-3-4-14(18)12-16/h3-5,12-13,15H,2,6-11H2,1H3/t13-,15-. The molecular formula is C17H23BrO3. The lowest BCUT2D eigenvalue weighted by Crippen LogP contribution is -2.24. The van der Waals surface area contributed by atoms with Gasteiger partial charge in [0, 0.05) is 10.9 Å². The zero-order chi connectivity index (χ0) is 15.1. The Balaban J connectivity index is 1.69. The molecule has 0 aromatic heterocycles. The van der Waals surface area contributed by atoms with Crippen molar-refractivity contribution in [2.24, 2.45) is 5.92 Å². The van der Waals surface area contributed by atoms with E-state index in [1.807, 2.05) is 31.2 Å². The van der Waals surface area contributed by atoms with E-state index in [0.717, 1.165) is 42.3 Å². The number of rotatable bonds is 6. The van der Waals surface area contributed by atoms with Crippen LogP contribution in [0, 0.1) is 5.92 Å². The Kier molecular flexibility index (Phi) is 6.55. The molecule has 0 heterocycles. The Morgan fingerprint density at radius 3 is 2.71 bits per heavy atom. The smallest absolute Gasteiger partial charge is 0.305 e. The fourth-order valence-corrected chi connectivity index (χ4v) is 3.20. The summed E-state index contributed by atoms with van der Waals surface area (Å²) in [4.78, 5) is 11.4. The van der Waals surface area contributed by atoms with Gasteiger partial charge in [0.1, 0.15) is 5.75 Å². The van der Waals surface area contributed by atoms with Gasteiger partial charge in [-0.05, 0) is 63.1 Å². The number of hydrogen-bond acceptors (Lipinski definition) is 3. The molecule has 1 aromatic carbocycles. The molecule has 0 spiro atoms. The van der Waals surface area contributed by atoms with Crippen molar-refractivity contribution in [3.8, 4) is 5.75 Å². The van der Waals surface area contributed by atoms with Crippen LogP contribution in [0.15, 0.2) is 28.7 Å². The lowest BCUT2D eigenvalue weighted by atomic mass is 9.84. The molecule has 116 valence electrons. The van der Waals surface area contributed by atoms with Crippen molar-refractivity contribution in [1.29, 1.82) is 0 Å². The van der Waals surface area contributed by atoms with Gasteiger partial charge in [-0.2, -0.15) is 0 Å². The Hall–Kier alpha value is -1.03. The Bertz CT molecular complexity index is 453. The predicted molar refractivity (Wildman–Crippen MR) is 86.4 cm³/mol. The summed E-state index contributed by atoms with van der Waals surface area (Å²) in [6, 6.07) is 7.99. The van der Waals surface area contributed by atoms with Crippen LogP contribution in [0.4, 0.5) is 0 Å². The molecule has 0 radical (unpaired) electrons. The van der Waals surface area contributed by atoms with E-state index in [4.69, 9.17) is 9.47 Å². The molecule has 0 saturated heterocycles. The number of ether oxygens (including phenoxy) is 2. The first-order valence-electron chi connectivity index (χ1n) is 7.75. The van der Waals surface area contributed by atoms with Gasteiger partial charge in [0.25, 0.3) is 0 Å². The third-order valence-electron chi connectivity index (χ3n) is 3.95. The third kappa shape index (κ3) is 5.70. The van der Waals surface area contributed by atoms with E-state index < -0.39 is 0 Å². The van der Waals surface area contributed by atoms with Crippen LogP contribution >= 0.6 is 15.9 Å². The molecule has 1 aromatic rings. The Labute approximate surface area is 135 Å². The molecule has 0 unspecified atom stereocenters. The fraction of sp³-hybridized carbons (Fsp3) is 0.588. The topological polar surface area (TPSA) is 35.5 Å². The summed E-state index contributed by atoms with van der Waals surface area (Å²) < 4.78 is 12.0. The number of esters is 1. The zero-order valence-electron chi connectivity index (χ0n) is 12.5. The highest BCUT2D eigenvalue weighted by atomic mass is 79.9. The number of benzene rings is 1. The van der Waals surface area contributed by atoms with Gasteiger partial charge < -0.3 is 9.47 Å². The predicted octanol–water partition coefficient (Wildman–Crippen LogP) is 4.73. The summed E-state index contributed by atoms with van der Waals surface area (Å²) in [5, 5.41) is 0. The summed E-state index contributed by atoms with van der Waals surface area (Å²) in [6.07, 6.45) is 6.21. The SMILES string of the molecule is CCOC(=O)CC[C@H]1CC[C@H](Oc2cccc(Br)c2)CC1. The minimum absolute atomic E-state index is 0.0648. The first-order valence-corrected chi connectivity index (χ1v) is 8.54. The van der Waals surface area contributed by atoms with Gasteiger partial charge in [-0.25, -0.2) is 0 Å². The van der Waals surface area contributed by atoms with Crippen molar-refractivity contribution < 1.29 is 14.3 Å². The lowest BCUT2D eigenvalue weighted by Gasteiger charge is -2.28. The summed E-state index contributed by atoms with van der Waals surface area (Å²) >= 11 is 3.46. The van der Waals surface area contributed by atoms with Crippen LogP contribution in [0.3, 0.4) is 0 Å². The van der Waals surface area contributed by atoms with Crippen LogP contribution < -0.4 is 4.74 Å². The van der Waals surface area contributed by atoms with Crippen molar-refractivity contribution >= 4 is 21.9 Å². The monoisotopic (exact) mass is 354 g/mol. The molecule has 1 aliphatic carbocycles. The van der Waals surface area contributed by atoms with Crippen molar-refractivity contribution in [2.45, 2.75) is 51.6 Å². The van der Waals surface area contributed by atoms with Crippen LogP contribution in [0.2, 0.25) is 0 Å². The summed E-state index contributed by atoms with van der Waals surface area (Å²) in [5.74, 6) is 1.50. The molecular weight excluding hydrogens is 332 g/mol. The van der Waals surface area contributed by atoms with Gasteiger partial charge >= 0.3 is 5.97 Å². The largest absolute Gasteiger partial charge is 0.490 e. The van der Waals surface area contributed by atoms with E-state index in [1.54, 1.807) is 0 Å². The second kappa shape index (κ2) is 8.42. The fourth-order valence-electron chi connectivity index (χ4n) is 2.83. The zero-order valence-corrected chi connectivity index (χ0v) is 14.1. The van der Waals surface area contributed by atoms with Crippen LogP contribution in [0.1, 0.15) is 45.4 Å². The van der Waals surface area contributed by atoms with Gasteiger partial charge in [-0.3, -0.25) is 4.79 Å². The molecule has 0 bridgehead atoms. The summed E-state index contributed by atoms with van der Waals surface area (Å²) in [5.41, 5.74) is 0. The van der Waals surface area contributed by atoms with Crippen LogP contribution in [-0.4, -0.2) is 18.7 Å². The Morgan fingerprint density at radius 1 is 1.29 bits per heavy atom. The average Bonchev–Trinajstić information content (AvgIpc) is 2.47. The van der Waals surface area contributed by atoms with Gasteiger partial charge in [0.15, 0.2) is 0 Å². The molecule has 4 heteroatoms. The highest BCUT2D eigenvalue weighted by Gasteiger charge is 2.23. The van der Waals surface area contributed by atoms with Crippen molar-refractivity contribution in [1.82, 2.24) is 0 Å². The number of carbonyl (C=O) groups excluding carboxylic acids is 1. The van der Waals surface area contributed by atoms with Crippen LogP contribution in [0.5, 0.6) is 5.75 Å². The molecule has 0 aliphatic heterocycles. The molecule has 1 saturated carbocycles. The third-order valence-corrected chi connectivity index (χ3v) is 4.45. The van der Waals surface area contributed by atoms with Crippen LogP contribution in [-0.2, 0) is 9.53 Å². The van der Waals surface area contributed by atoms with E-state index in [1.165, 1.54) is 0 Å². The molecule has 0 N–H and O–H groups in total. The molecule has 0 atom stereocenters. The Morgan fingerprint density at radius 2 is 2.05 bits per heavy atom. The molecule has 0 amide bonds. The van der Waals surface area contributed by atoms with E-state index in [-0.39, 0.29) is 5.97 Å². The minimum Gasteiger partial charge on any atom is -0.490 e. The maximum atomic E-state index is 11.4. The minimum atomic E-state index is -0.0648. The van der Waals surface area contributed by atoms with Crippen molar-refractivity contribution in [3.63, 3.8) is 0 Å².